The molecule has 0 saturated heterocycles. The first-order chi connectivity index (χ1) is 11.2. The third-order valence-corrected chi connectivity index (χ3v) is 4.10. The highest BCUT2D eigenvalue weighted by atomic mass is 19.1. The first kappa shape index (κ1) is 13.9. The van der Waals surface area contributed by atoms with Crippen molar-refractivity contribution in [2.45, 2.75) is 13.2 Å². The van der Waals surface area contributed by atoms with Crippen LogP contribution in [0.1, 0.15) is 15.9 Å². The molecule has 1 aliphatic rings. The van der Waals surface area contributed by atoms with E-state index in [1.807, 2.05) is 28.8 Å². The van der Waals surface area contributed by atoms with Crippen molar-refractivity contribution in [3.8, 4) is 11.4 Å². The molecule has 0 atom stereocenters. The number of rotatable bonds is 2. The van der Waals surface area contributed by atoms with Gasteiger partial charge in [-0.05, 0) is 11.6 Å². The zero-order chi connectivity index (χ0) is 16.0. The second-order valence-electron chi connectivity index (χ2n) is 5.48. The van der Waals surface area contributed by atoms with Crippen molar-refractivity contribution in [2.24, 2.45) is 0 Å². The quantitative estimate of drug-likeness (QED) is 0.761. The van der Waals surface area contributed by atoms with Crippen LogP contribution < -0.4 is 5.32 Å². The molecule has 0 aliphatic carbocycles. The number of halogens is 1. The first-order valence-corrected chi connectivity index (χ1v) is 7.36. The van der Waals surface area contributed by atoms with E-state index in [1.54, 1.807) is 0 Å². The lowest BCUT2D eigenvalue weighted by Crippen LogP contribution is -2.24. The highest BCUT2D eigenvalue weighted by Crippen LogP contribution is 2.30. The Morgan fingerprint density at radius 1 is 1.26 bits per heavy atom. The molecular formula is C17H14FN3O2. The number of aliphatic hydroxyl groups is 1. The van der Waals surface area contributed by atoms with Crippen LogP contribution in [0.15, 0.2) is 36.4 Å². The van der Waals surface area contributed by atoms with Crippen molar-refractivity contribution in [3.63, 3.8) is 0 Å². The summed E-state index contributed by atoms with van der Waals surface area (Å²) in [5.41, 5.74) is 2.89. The van der Waals surface area contributed by atoms with Gasteiger partial charge in [-0.3, -0.25) is 4.79 Å². The minimum Gasteiger partial charge on any atom is -0.392 e. The van der Waals surface area contributed by atoms with Crippen molar-refractivity contribution < 1.29 is 14.3 Å². The zero-order valence-corrected chi connectivity index (χ0v) is 12.2. The molecule has 0 unspecified atom stereocenters. The molecule has 1 aliphatic heterocycles. The number of nitrogens with zero attached hydrogens (tertiary/aromatic N) is 2. The van der Waals surface area contributed by atoms with Crippen molar-refractivity contribution in [3.05, 3.63) is 53.3 Å². The molecule has 1 aromatic heterocycles. The van der Waals surface area contributed by atoms with Gasteiger partial charge in [-0.1, -0.05) is 24.3 Å². The predicted molar refractivity (Wildman–Crippen MR) is 83.4 cm³/mol. The van der Waals surface area contributed by atoms with E-state index in [4.69, 9.17) is 0 Å². The van der Waals surface area contributed by atoms with Crippen LogP contribution in [-0.4, -0.2) is 27.1 Å². The third kappa shape index (κ3) is 2.10. The molecule has 0 radical (unpaired) electrons. The number of hydrogen-bond donors (Lipinski definition) is 2. The lowest BCUT2D eigenvalue weighted by atomic mass is 10.1. The minimum absolute atomic E-state index is 0.113. The Bertz CT molecular complexity index is 933. The topological polar surface area (TPSA) is 67.2 Å². The summed E-state index contributed by atoms with van der Waals surface area (Å²) in [6.07, 6.45) is 0. The van der Waals surface area contributed by atoms with Gasteiger partial charge in [-0.25, -0.2) is 9.37 Å². The van der Waals surface area contributed by atoms with E-state index < -0.39 is 5.82 Å². The van der Waals surface area contributed by atoms with Gasteiger partial charge in [-0.15, -0.1) is 0 Å². The number of aromatic nitrogens is 2. The molecule has 4 rings (SSSR count). The summed E-state index contributed by atoms with van der Waals surface area (Å²) in [5, 5.41) is 12.3. The molecule has 6 heteroatoms. The standard InChI is InChI=1S/C17H14FN3O2/c18-11-7-13-15-14(8-11)20-16(21(15)6-5-19-17(13)23)12-4-2-1-3-10(12)9-22/h1-4,7-8,22H,5-6,9H2,(H,19,23). The minimum atomic E-state index is -0.490. The Hall–Kier alpha value is -2.73. The monoisotopic (exact) mass is 311 g/mol. The number of benzene rings is 2. The second-order valence-corrected chi connectivity index (χ2v) is 5.48. The van der Waals surface area contributed by atoms with Crippen LogP contribution in [0.25, 0.3) is 22.4 Å². The number of imidazole rings is 1. The Balaban J connectivity index is 2.07. The summed E-state index contributed by atoms with van der Waals surface area (Å²) in [4.78, 5) is 16.7. The second kappa shape index (κ2) is 5.17. The Kier molecular flexibility index (Phi) is 3.12. The number of nitrogens with one attached hydrogen (secondary N) is 1. The average Bonchev–Trinajstić information content (AvgIpc) is 2.83. The van der Waals surface area contributed by atoms with Crippen LogP contribution in [0.4, 0.5) is 4.39 Å². The van der Waals surface area contributed by atoms with Crippen LogP contribution in [-0.2, 0) is 13.2 Å². The van der Waals surface area contributed by atoms with Crippen LogP contribution in [0.2, 0.25) is 0 Å². The van der Waals surface area contributed by atoms with E-state index in [1.165, 1.54) is 12.1 Å². The highest BCUT2D eigenvalue weighted by molar-refractivity contribution is 6.06. The van der Waals surface area contributed by atoms with Gasteiger partial charge in [0.25, 0.3) is 5.91 Å². The van der Waals surface area contributed by atoms with Crippen LogP contribution in [0, 0.1) is 5.82 Å². The van der Waals surface area contributed by atoms with Gasteiger partial charge in [0.05, 0.1) is 23.2 Å². The molecule has 0 spiro atoms. The van der Waals surface area contributed by atoms with E-state index in [0.29, 0.717) is 29.9 Å². The Morgan fingerprint density at radius 3 is 2.91 bits per heavy atom. The summed E-state index contributed by atoms with van der Waals surface area (Å²) in [7, 11) is 0. The fraction of sp³-hybridized carbons (Fsp3) is 0.176. The largest absolute Gasteiger partial charge is 0.392 e. The summed E-state index contributed by atoms with van der Waals surface area (Å²) >= 11 is 0. The van der Waals surface area contributed by atoms with Crippen LogP contribution >= 0.6 is 0 Å². The SMILES string of the molecule is O=C1NCCn2c(-c3ccccc3CO)nc3cc(F)cc1c32. The molecule has 2 N–H and O–H groups in total. The molecule has 0 fully saturated rings. The van der Waals surface area contributed by atoms with E-state index in [-0.39, 0.29) is 18.1 Å². The molecule has 3 aromatic rings. The smallest absolute Gasteiger partial charge is 0.253 e. The first-order valence-electron chi connectivity index (χ1n) is 7.36. The molecule has 116 valence electrons. The van der Waals surface area contributed by atoms with Crippen molar-refractivity contribution in [1.29, 1.82) is 0 Å². The normalized spacial score (nSPS) is 13.9. The van der Waals surface area contributed by atoms with E-state index in [0.717, 1.165) is 11.1 Å². The lowest BCUT2D eigenvalue weighted by molar-refractivity contribution is 0.0956. The van der Waals surface area contributed by atoms with Crippen LogP contribution in [0.3, 0.4) is 0 Å². The van der Waals surface area contributed by atoms with Crippen LogP contribution in [0.5, 0.6) is 0 Å². The molecule has 2 heterocycles. The van der Waals surface area contributed by atoms with Gasteiger partial charge in [0.1, 0.15) is 11.6 Å². The number of carbonyl (C=O) groups excluding carboxylic acids is 1. The van der Waals surface area contributed by atoms with Gasteiger partial charge in [0.15, 0.2) is 0 Å². The summed E-state index contributed by atoms with van der Waals surface area (Å²) in [6, 6.07) is 9.97. The molecule has 5 nitrogen and oxygen atoms in total. The lowest BCUT2D eigenvalue weighted by Gasteiger charge is -2.10. The predicted octanol–water partition coefficient (Wildman–Crippen LogP) is 2.08. The van der Waals surface area contributed by atoms with Gasteiger partial charge >= 0.3 is 0 Å². The zero-order valence-electron chi connectivity index (χ0n) is 12.2. The Morgan fingerprint density at radius 2 is 2.09 bits per heavy atom. The molecule has 0 bridgehead atoms. The number of carbonyl (C=O) groups is 1. The van der Waals surface area contributed by atoms with E-state index >= 15 is 0 Å². The van der Waals surface area contributed by atoms with Crippen molar-refractivity contribution in [1.82, 2.24) is 14.9 Å². The average molecular weight is 311 g/mol. The molecular weight excluding hydrogens is 297 g/mol. The van der Waals surface area contributed by atoms with Gasteiger partial charge < -0.3 is 15.0 Å². The fourth-order valence-corrected chi connectivity index (χ4v) is 3.08. The fourth-order valence-electron chi connectivity index (χ4n) is 3.08. The number of aliphatic hydroxyl groups excluding tert-OH is 1. The summed E-state index contributed by atoms with van der Waals surface area (Å²) in [5.74, 6) is -0.153. The maximum Gasteiger partial charge on any atom is 0.253 e. The number of amides is 1. The van der Waals surface area contributed by atoms with E-state index in [2.05, 4.69) is 10.3 Å². The van der Waals surface area contributed by atoms with Gasteiger partial charge in [0, 0.05) is 24.7 Å². The van der Waals surface area contributed by atoms with Gasteiger partial charge in [-0.2, -0.15) is 0 Å². The molecule has 2 aromatic carbocycles. The third-order valence-electron chi connectivity index (χ3n) is 4.10. The molecule has 1 amide bonds. The molecule has 23 heavy (non-hydrogen) atoms. The van der Waals surface area contributed by atoms with E-state index in [9.17, 15) is 14.3 Å². The molecule has 0 saturated carbocycles. The Labute approximate surface area is 131 Å². The van der Waals surface area contributed by atoms with Crippen molar-refractivity contribution in [2.75, 3.05) is 6.54 Å². The maximum atomic E-state index is 13.8. The number of hydrogen-bond acceptors (Lipinski definition) is 3. The van der Waals surface area contributed by atoms with Crippen molar-refractivity contribution >= 4 is 16.9 Å². The maximum absolute atomic E-state index is 13.8. The van der Waals surface area contributed by atoms with Gasteiger partial charge in [0.2, 0.25) is 0 Å². The highest BCUT2D eigenvalue weighted by Gasteiger charge is 2.23. The summed E-state index contributed by atoms with van der Waals surface area (Å²) in [6.45, 7) is 0.864. The summed E-state index contributed by atoms with van der Waals surface area (Å²) < 4.78 is 15.7.